The third-order valence-corrected chi connectivity index (χ3v) is 2.77. The summed E-state index contributed by atoms with van der Waals surface area (Å²) in [5.41, 5.74) is 1.19. The summed E-state index contributed by atoms with van der Waals surface area (Å²) in [5, 5.41) is 8.84. The van der Waals surface area contributed by atoms with Gasteiger partial charge in [0.2, 0.25) is 0 Å². The summed E-state index contributed by atoms with van der Waals surface area (Å²) in [6.07, 6.45) is 3.03. The Kier molecular flexibility index (Phi) is 3.13. The van der Waals surface area contributed by atoms with Gasteiger partial charge < -0.3 is 9.84 Å². The van der Waals surface area contributed by atoms with Gasteiger partial charge in [-0.1, -0.05) is 0 Å². The van der Waals surface area contributed by atoms with Crippen molar-refractivity contribution in [2.75, 3.05) is 7.11 Å². The number of carboxylic acid groups (broad SMARTS) is 1. The molecule has 3 nitrogen and oxygen atoms in total. The first-order valence-corrected chi connectivity index (χ1v) is 5.40. The second kappa shape index (κ2) is 4.57. The standard InChI is InChI=1S/C13H13FO3/c1-17-12-5-4-9(14)6-11(12)10(7-13(15)16)8-2-3-8/h4-8H,2-3H2,1H3,(H,15,16)/b10-7+. The number of carboxylic acids is 1. The van der Waals surface area contributed by atoms with Crippen LogP contribution in [-0.4, -0.2) is 18.2 Å². The summed E-state index contributed by atoms with van der Waals surface area (Å²) in [7, 11) is 1.49. The van der Waals surface area contributed by atoms with Crippen LogP contribution in [0.3, 0.4) is 0 Å². The Morgan fingerprint density at radius 2 is 2.24 bits per heavy atom. The van der Waals surface area contributed by atoms with E-state index in [4.69, 9.17) is 9.84 Å². The molecule has 17 heavy (non-hydrogen) atoms. The van der Waals surface area contributed by atoms with Crippen LogP contribution in [0.5, 0.6) is 5.75 Å². The molecule has 0 unspecified atom stereocenters. The lowest BCUT2D eigenvalue weighted by molar-refractivity contribution is -0.131. The number of halogens is 1. The van der Waals surface area contributed by atoms with Gasteiger partial charge in [-0.2, -0.15) is 0 Å². The molecule has 0 bridgehead atoms. The number of rotatable bonds is 4. The molecular formula is C13H13FO3. The molecule has 0 atom stereocenters. The van der Waals surface area contributed by atoms with Crippen LogP contribution in [0.2, 0.25) is 0 Å². The van der Waals surface area contributed by atoms with Crippen molar-refractivity contribution in [1.29, 1.82) is 0 Å². The summed E-state index contributed by atoms with van der Waals surface area (Å²) >= 11 is 0. The minimum Gasteiger partial charge on any atom is -0.496 e. The van der Waals surface area contributed by atoms with Gasteiger partial charge in [0.15, 0.2) is 0 Å². The summed E-state index contributed by atoms with van der Waals surface area (Å²) in [6.45, 7) is 0. The van der Waals surface area contributed by atoms with Crippen molar-refractivity contribution in [2.45, 2.75) is 12.8 Å². The van der Waals surface area contributed by atoms with Crippen LogP contribution < -0.4 is 4.74 Å². The molecule has 90 valence electrons. The Hall–Kier alpha value is -1.84. The van der Waals surface area contributed by atoms with Crippen molar-refractivity contribution in [3.8, 4) is 5.75 Å². The van der Waals surface area contributed by atoms with Crippen LogP contribution in [0.25, 0.3) is 5.57 Å². The lowest BCUT2D eigenvalue weighted by Gasteiger charge is -2.11. The number of benzene rings is 1. The quantitative estimate of drug-likeness (QED) is 0.817. The van der Waals surface area contributed by atoms with Gasteiger partial charge in [0.25, 0.3) is 0 Å². The van der Waals surface area contributed by atoms with Gasteiger partial charge >= 0.3 is 5.97 Å². The van der Waals surface area contributed by atoms with Gasteiger partial charge in [0.05, 0.1) is 7.11 Å². The van der Waals surface area contributed by atoms with Gasteiger partial charge in [-0.25, -0.2) is 9.18 Å². The molecule has 1 fully saturated rings. The average Bonchev–Trinajstić information content (AvgIpc) is 3.09. The molecular weight excluding hydrogens is 223 g/mol. The maximum absolute atomic E-state index is 13.2. The molecule has 1 saturated carbocycles. The topological polar surface area (TPSA) is 46.5 Å². The smallest absolute Gasteiger partial charge is 0.328 e. The zero-order chi connectivity index (χ0) is 12.4. The van der Waals surface area contributed by atoms with E-state index in [-0.39, 0.29) is 5.92 Å². The van der Waals surface area contributed by atoms with Gasteiger partial charge in [-0.3, -0.25) is 0 Å². The minimum absolute atomic E-state index is 0.210. The number of methoxy groups -OCH3 is 1. The summed E-state index contributed by atoms with van der Waals surface area (Å²) < 4.78 is 18.4. The molecule has 0 aromatic heterocycles. The SMILES string of the molecule is COc1ccc(F)cc1/C(=C/C(=O)O)C1CC1. The van der Waals surface area contributed by atoms with E-state index < -0.39 is 11.8 Å². The van der Waals surface area contributed by atoms with Gasteiger partial charge in [0.1, 0.15) is 11.6 Å². The van der Waals surface area contributed by atoms with Gasteiger partial charge in [0, 0.05) is 11.6 Å². The van der Waals surface area contributed by atoms with Crippen molar-refractivity contribution in [1.82, 2.24) is 0 Å². The van der Waals surface area contributed by atoms with Gasteiger partial charge in [-0.05, 0) is 42.5 Å². The van der Waals surface area contributed by atoms with E-state index in [1.165, 1.54) is 25.3 Å². The number of aliphatic carboxylic acids is 1. The number of hydrogen-bond donors (Lipinski definition) is 1. The largest absolute Gasteiger partial charge is 0.496 e. The van der Waals surface area contributed by atoms with E-state index in [1.54, 1.807) is 0 Å². The maximum atomic E-state index is 13.2. The lowest BCUT2D eigenvalue weighted by Crippen LogP contribution is -1.98. The Balaban J connectivity index is 2.48. The van der Waals surface area contributed by atoms with E-state index in [9.17, 15) is 9.18 Å². The van der Waals surface area contributed by atoms with E-state index in [0.717, 1.165) is 18.9 Å². The van der Waals surface area contributed by atoms with E-state index >= 15 is 0 Å². The highest BCUT2D eigenvalue weighted by atomic mass is 19.1. The summed E-state index contributed by atoms with van der Waals surface area (Å²) in [6, 6.07) is 4.14. The van der Waals surface area contributed by atoms with E-state index in [2.05, 4.69) is 0 Å². The fraction of sp³-hybridized carbons (Fsp3) is 0.308. The number of allylic oxidation sites excluding steroid dienone is 1. The van der Waals surface area contributed by atoms with Crippen LogP contribution in [0.15, 0.2) is 24.3 Å². The molecule has 0 saturated heterocycles. The second-order valence-electron chi connectivity index (χ2n) is 4.06. The van der Waals surface area contributed by atoms with Crippen molar-refractivity contribution >= 4 is 11.5 Å². The molecule has 1 aromatic rings. The molecule has 1 aliphatic carbocycles. The summed E-state index contributed by atoms with van der Waals surface area (Å²) in [4.78, 5) is 10.8. The third kappa shape index (κ3) is 2.64. The predicted molar refractivity (Wildman–Crippen MR) is 61.3 cm³/mol. The van der Waals surface area contributed by atoms with Crippen molar-refractivity contribution < 1.29 is 19.0 Å². The van der Waals surface area contributed by atoms with Crippen molar-refractivity contribution in [3.63, 3.8) is 0 Å². The van der Waals surface area contributed by atoms with Crippen LogP contribution >= 0.6 is 0 Å². The Labute approximate surface area is 98.5 Å². The monoisotopic (exact) mass is 236 g/mol. The second-order valence-corrected chi connectivity index (χ2v) is 4.06. The molecule has 2 rings (SSSR count). The molecule has 0 aliphatic heterocycles. The Bertz CT molecular complexity index is 476. The zero-order valence-corrected chi connectivity index (χ0v) is 9.44. The number of carbonyl (C=O) groups is 1. The first kappa shape index (κ1) is 11.6. The first-order chi connectivity index (χ1) is 8.11. The normalized spacial score (nSPS) is 15.8. The predicted octanol–water partition coefficient (Wildman–Crippen LogP) is 2.71. The molecule has 0 radical (unpaired) electrons. The molecule has 1 N–H and O–H groups in total. The van der Waals surface area contributed by atoms with Crippen LogP contribution in [0.4, 0.5) is 4.39 Å². The highest BCUT2D eigenvalue weighted by molar-refractivity contribution is 5.92. The summed E-state index contributed by atoms with van der Waals surface area (Å²) in [5.74, 6) is -0.691. The molecule has 1 aromatic carbocycles. The minimum atomic E-state index is -1.02. The fourth-order valence-corrected chi connectivity index (χ4v) is 1.85. The highest BCUT2D eigenvalue weighted by Crippen LogP contribution is 2.44. The molecule has 0 heterocycles. The van der Waals surface area contributed by atoms with E-state index in [1.807, 2.05) is 0 Å². The van der Waals surface area contributed by atoms with Crippen molar-refractivity contribution in [2.24, 2.45) is 5.92 Å². The fourth-order valence-electron chi connectivity index (χ4n) is 1.85. The average molecular weight is 236 g/mol. The maximum Gasteiger partial charge on any atom is 0.328 e. The Morgan fingerprint density at radius 1 is 1.53 bits per heavy atom. The first-order valence-electron chi connectivity index (χ1n) is 5.40. The number of hydrogen-bond acceptors (Lipinski definition) is 2. The lowest BCUT2D eigenvalue weighted by atomic mass is 10.00. The van der Waals surface area contributed by atoms with Crippen LogP contribution in [-0.2, 0) is 4.79 Å². The number of ether oxygens (including phenoxy) is 1. The zero-order valence-electron chi connectivity index (χ0n) is 9.44. The van der Waals surface area contributed by atoms with Crippen LogP contribution in [0.1, 0.15) is 18.4 Å². The molecule has 1 aliphatic rings. The van der Waals surface area contributed by atoms with Gasteiger partial charge in [-0.15, -0.1) is 0 Å². The van der Waals surface area contributed by atoms with E-state index in [0.29, 0.717) is 16.9 Å². The molecule has 4 heteroatoms. The molecule has 0 amide bonds. The van der Waals surface area contributed by atoms with Crippen LogP contribution in [0, 0.1) is 11.7 Å². The third-order valence-electron chi connectivity index (χ3n) is 2.77. The Morgan fingerprint density at radius 3 is 2.76 bits per heavy atom. The molecule has 0 spiro atoms. The highest BCUT2D eigenvalue weighted by Gasteiger charge is 2.29. The van der Waals surface area contributed by atoms with Crippen molar-refractivity contribution in [3.05, 3.63) is 35.7 Å².